The molecule has 9 heteroatoms. The number of halogens is 1. The van der Waals surface area contributed by atoms with Crippen LogP contribution in [-0.4, -0.2) is 40.6 Å². The maximum atomic E-state index is 13.3. The molecule has 1 amide bonds. The van der Waals surface area contributed by atoms with Crippen LogP contribution in [-0.2, 0) is 19.6 Å². The second kappa shape index (κ2) is 9.68. The molecule has 1 aliphatic rings. The zero-order valence-electron chi connectivity index (χ0n) is 17.0. The van der Waals surface area contributed by atoms with E-state index in [0.29, 0.717) is 54.8 Å². The van der Waals surface area contributed by atoms with Gasteiger partial charge in [0.25, 0.3) is 10.0 Å². The Hall–Kier alpha value is -2.29. The first-order chi connectivity index (χ1) is 14.3. The summed E-state index contributed by atoms with van der Waals surface area (Å²) in [5.74, 6) is -0.329. The average molecular weight is 452 g/mol. The van der Waals surface area contributed by atoms with Crippen LogP contribution in [0.2, 0.25) is 5.02 Å². The molecule has 0 radical (unpaired) electrons. The summed E-state index contributed by atoms with van der Waals surface area (Å²) in [5, 5.41) is 3.11. The molecule has 2 aromatic rings. The number of nitrogens with zero attached hydrogens (tertiary/aromatic N) is 1. The van der Waals surface area contributed by atoms with Crippen LogP contribution in [0.15, 0.2) is 47.4 Å². The molecule has 2 aromatic carbocycles. The van der Waals surface area contributed by atoms with Crippen molar-refractivity contribution < 1.29 is 17.9 Å². The Morgan fingerprint density at radius 1 is 1.20 bits per heavy atom. The van der Waals surface area contributed by atoms with E-state index < -0.39 is 10.0 Å². The van der Waals surface area contributed by atoms with Crippen molar-refractivity contribution in [2.24, 2.45) is 5.92 Å². The lowest BCUT2D eigenvalue weighted by Crippen LogP contribution is -2.37. The lowest BCUT2D eigenvalue weighted by Gasteiger charge is -2.30. The molecule has 1 fully saturated rings. The van der Waals surface area contributed by atoms with Crippen molar-refractivity contribution in [1.82, 2.24) is 0 Å². The normalized spacial score (nSPS) is 15.5. The number of amides is 1. The van der Waals surface area contributed by atoms with Crippen molar-refractivity contribution in [2.75, 3.05) is 41.2 Å². The van der Waals surface area contributed by atoms with E-state index in [2.05, 4.69) is 10.0 Å². The van der Waals surface area contributed by atoms with Crippen LogP contribution in [0.25, 0.3) is 0 Å². The van der Waals surface area contributed by atoms with E-state index in [-0.39, 0.29) is 16.7 Å². The number of para-hydroxylation sites is 1. The summed E-state index contributed by atoms with van der Waals surface area (Å²) in [5.41, 5.74) is 1.28. The van der Waals surface area contributed by atoms with Crippen molar-refractivity contribution in [3.05, 3.63) is 47.5 Å². The van der Waals surface area contributed by atoms with Crippen molar-refractivity contribution in [1.29, 1.82) is 0 Å². The molecule has 0 aliphatic carbocycles. The zero-order chi connectivity index (χ0) is 21.7. The van der Waals surface area contributed by atoms with Gasteiger partial charge >= 0.3 is 0 Å². The van der Waals surface area contributed by atoms with Crippen LogP contribution < -0.4 is 14.9 Å². The van der Waals surface area contributed by atoms with Gasteiger partial charge in [-0.2, -0.15) is 0 Å². The van der Waals surface area contributed by atoms with Crippen molar-refractivity contribution in [2.45, 2.75) is 25.2 Å². The van der Waals surface area contributed by atoms with Gasteiger partial charge in [0.1, 0.15) is 4.90 Å². The van der Waals surface area contributed by atoms with Gasteiger partial charge in [0, 0.05) is 24.7 Å². The molecule has 162 valence electrons. The summed E-state index contributed by atoms with van der Waals surface area (Å²) < 4.78 is 34.6. The molecule has 3 rings (SSSR count). The van der Waals surface area contributed by atoms with E-state index in [0.717, 1.165) is 0 Å². The molecule has 0 spiro atoms. The summed E-state index contributed by atoms with van der Waals surface area (Å²) >= 11 is 6.15. The highest BCUT2D eigenvalue weighted by Gasteiger charge is 2.25. The van der Waals surface area contributed by atoms with Crippen LogP contribution in [0, 0.1) is 5.92 Å². The van der Waals surface area contributed by atoms with Crippen LogP contribution in [0.5, 0.6) is 0 Å². The number of anilines is 3. The Labute approximate surface area is 182 Å². The summed E-state index contributed by atoms with van der Waals surface area (Å²) in [6.45, 7) is 5.94. The molecule has 7 nitrogen and oxygen atoms in total. The van der Waals surface area contributed by atoms with Gasteiger partial charge in [0.05, 0.1) is 29.6 Å². The first-order valence-electron chi connectivity index (χ1n) is 9.86. The fraction of sp³-hybridized carbons (Fsp3) is 0.381. The van der Waals surface area contributed by atoms with E-state index in [1.165, 1.54) is 6.07 Å². The number of hydrogen-bond acceptors (Lipinski definition) is 5. The molecule has 30 heavy (non-hydrogen) atoms. The predicted octanol–water partition coefficient (Wildman–Crippen LogP) is 3.96. The van der Waals surface area contributed by atoms with Gasteiger partial charge in [0.15, 0.2) is 0 Å². The SMILES string of the molecule is CCC(C)C(=O)Nc1ccc(N2CCOCC2)c(S(=O)(=O)Nc2ccccc2Cl)c1. The van der Waals surface area contributed by atoms with Gasteiger partial charge in [0.2, 0.25) is 5.91 Å². The maximum absolute atomic E-state index is 13.3. The second-order valence-electron chi connectivity index (χ2n) is 7.17. The number of ether oxygens (including phenoxy) is 1. The van der Waals surface area contributed by atoms with Crippen LogP contribution in [0.1, 0.15) is 20.3 Å². The predicted molar refractivity (Wildman–Crippen MR) is 120 cm³/mol. The Morgan fingerprint density at radius 3 is 2.57 bits per heavy atom. The Balaban J connectivity index is 2.00. The minimum Gasteiger partial charge on any atom is -0.378 e. The quantitative estimate of drug-likeness (QED) is 0.665. The largest absolute Gasteiger partial charge is 0.378 e. The number of benzene rings is 2. The van der Waals surface area contributed by atoms with E-state index >= 15 is 0 Å². The standard InChI is InChI=1S/C21H26ClN3O4S/c1-3-15(2)21(26)23-16-8-9-19(25-10-12-29-13-11-25)20(14-16)30(27,28)24-18-7-5-4-6-17(18)22/h4-9,14-15,24H,3,10-13H2,1-2H3,(H,23,26). The number of morpholine rings is 1. The molecule has 1 atom stereocenters. The minimum atomic E-state index is -3.97. The molecule has 1 heterocycles. The topological polar surface area (TPSA) is 87.7 Å². The Kier molecular flexibility index (Phi) is 7.23. The molecule has 1 aliphatic heterocycles. The first kappa shape index (κ1) is 22.4. The van der Waals surface area contributed by atoms with Gasteiger partial charge < -0.3 is 15.0 Å². The molecular formula is C21H26ClN3O4S. The maximum Gasteiger partial charge on any atom is 0.264 e. The zero-order valence-corrected chi connectivity index (χ0v) is 18.6. The van der Waals surface area contributed by atoms with E-state index in [1.807, 2.05) is 18.7 Å². The highest BCUT2D eigenvalue weighted by Crippen LogP contribution is 2.32. The summed E-state index contributed by atoms with van der Waals surface area (Å²) in [4.78, 5) is 14.3. The van der Waals surface area contributed by atoms with Gasteiger partial charge in [-0.1, -0.05) is 37.6 Å². The Morgan fingerprint density at radius 2 is 1.90 bits per heavy atom. The van der Waals surface area contributed by atoms with Gasteiger partial charge in [-0.3, -0.25) is 9.52 Å². The van der Waals surface area contributed by atoms with Crippen LogP contribution >= 0.6 is 11.6 Å². The molecule has 0 aromatic heterocycles. The van der Waals surface area contributed by atoms with E-state index in [1.54, 1.807) is 36.4 Å². The monoisotopic (exact) mass is 451 g/mol. The third-order valence-corrected chi connectivity index (χ3v) is 6.77. The van der Waals surface area contributed by atoms with Crippen LogP contribution in [0.4, 0.5) is 17.1 Å². The fourth-order valence-electron chi connectivity index (χ4n) is 3.07. The van der Waals surface area contributed by atoms with Gasteiger partial charge in [-0.05, 0) is 36.8 Å². The molecule has 2 N–H and O–H groups in total. The summed E-state index contributed by atoms with van der Waals surface area (Å²) in [7, 11) is -3.97. The number of nitrogens with one attached hydrogen (secondary N) is 2. The molecule has 0 saturated carbocycles. The molecule has 0 bridgehead atoms. The number of carbonyl (C=O) groups is 1. The fourth-order valence-corrected chi connectivity index (χ4v) is 4.64. The van der Waals surface area contributed by atoms with Crippen LogP contribution in [0.3, 0.4) is 0 Å². The molecular weight excluding hydrogens is 426 g/mol. The van der Waals surface area contributed by atoms with Gasteiger partial charge in [-0.15, -0.1) is 0 Å². The summed E-state index contributed by atoms with van der Waals surface area (Å²) in [6, 6.07) is 11.6. The lowest BCUT2D eigenvalue weighted by atomic mass is 10.1. The van der Waals surface area contributed by atoms with Gasteiger partial charge in [-0.25, -0.2) is 8.42 Å². The third kappa shape index (κ3) is 5.24. The van der Waals surface area contributed by atoms with Crippen molar-refractivity contribution in [3.63, 3.8) is 0 Å². The number of rotatable bonds is 7. The van der Waals surface area contributed by atoms with E-state index in [9.17, 15) is 13.2 Å². The smallest absolute Gasteiger partial charge is 0.264 e. The highest BCUT2D eigenvalue weighted by atomic mass is 35.5. The van der Waals surface area contributed by atoms with Crippen molar-refractivity contribution in [3.8, 4) is 0 Å². The van der Waals surface area contributed by atoms with Crippen molar-refractivity contribution >= 4 is 44.6 Å². The Bertz CT molecular complexity index is 1010. The number of carbonyl (C=O) groups excluding carboxylic acids is 1. The van der Waals surface area contributed by atoms with E-state index in [4.69, 9.17) is 16.3 Å². The molecule has 1 saturated heterocycles. The number of hydrogen-bond donors (Lipinski definition) is 2. The minimum absolute atomic E-state index is 0.0753. The summed E-state index contributed by atoms with van der Waals surface area (Å²) in [6.07, 6.45) is 0.691. The third-order valence-electron chi connectivity index (χ3n) is 5.05. The second-order valence-corrected chi connectivity index (χ2v) is 9.22. The average Bonchev–Trinajstić information content (AvgIpc) is 2.75. The highest BCUT2D eigenvalue weighted by molar-refractivity contribution is 7.93. The molecule has 1 unspecified atom stereocenters. The lowest BCUT2D eigenvalue weighted by molar-refractivity contribution is -0.119. The first-order valence-corrected chi connectivity index (χ1v) is 11.7. The number of sulfonamides is 1.